The molecule has 1 N–H and O–H groups in total. The van der Waals surface area contributed by atoms with Crippen molar-refractivity contribution in [2.24, 2.45) is 0 Å². The van der Waals surface area contributed by atoms with Gasteiger partial charge in [-0.2, -0.15) is 5.10 Å². The summed E-state index contributed by atoms with van der Waals surface area (Å²) >= 11 is 0. The minimum absolute atomic E-state index is 0.0329. The molecule has 12 heteroatoms. The Morgan fingerprint density at radius 2 is 1.91 bits per heavy atom. The number of fused-ring (bicyclic) bond motifs is 1. The Balaban J connectivity index is 1.48. The topological polar surface area (TPSA) is 108 Å². The highest BCUT2D eigenvalue weighted by Crippen LogP contribution is 2.27. The number of anilines is 1. The molecule has 0 bridgehead atoms. The van der Waals surface area contributed by atoms with Gasteiger partial charge in [-0.15, -0.1) is 13.2 Å². The van der Waals surface area contributed by atoms with Crippen LogP contribution >= 0.6 is 0 Å². The lowest BCUT2D eigenvalue weighted by molar-refractivity contribution is -0.274. The zero-order chi connectivity index (χ0) is 25.2. The Morgan fingerprint density at radius 3 is 2.54 bits per heavy atom. The second-order valence-corrected chi connectivity index (χ2v) is 7.65. The summed E-state index contributed by atoms with van der Waals surface area (Å²) in [5, 5.41) is 7.17. The number of furan rings is 1. The number of nitrogens with one attached hydrogen (secondary N) is 1. The normalized spacial score (nSPS) is 11.6. The smallest absolute Gasteiger partial charge is 0.463 e. The van der Waals surface area contributed by atoms with Crippen LogP contribution in [0.4, 0.5) is 18.9 Å². The Morgan fingerprint density at radius 1 is 1.17 bits per heavy atom. The van der Waals surface area contributed by atoms with Crippen molar-refractivity contribution in [1.82, 2.24) is 14.8 Å². The fraction of sp³-hybridized carbons (Fsp3) is 0.217. The minimum Gasteiger partial charge on any atom is -0.463 e. The van der Waals surface area contributed by atoms with Gasteiger partial charge in [-0.3, -0.25) is 4.79 Å². The van der Waals surface area contributed by atoms with Crippen LogP contribution in [0.3, 0.4) is 0 Å². The Labute approximate surface area is 196 Å². The second kappa shape index (κ2) is 9.49. The number of rotatable bonds is 7. The Hall–Kier alpha value is -4.35. The number of nitrogens with zero attached hydrogens (tertiary/aromatic N) is 3. The summed E-state index contributed by atoms with van der Waals surface area (Å²) < 4.78 is 52.8. The number of amides is 1. The van der Waals surface area contributed by atoms with E-state index in [0.29, 0.717) is 22.5 Å². The van der Waals surface area contributed by atoms with E-state index < -0.39 is 30.6 Å². The number of carbonyl (C=O) groups is 2. The zero-order valence-electron chi connectivity index (χ0n) is 18.5. The summed E-state index contributed by atoms with van der Waals surface area (Å²) in [5.41, 5.74) is 1.19. The van der Waals surface area contributed by atoms with E-state index in [0.717, 1.165) is 12.1 Å². The van der Waals surface area contributed by atoms with Crippen molar-refractivity contribution in [3.05, 3.63) is 60.5 Å². The highest BCUT2D eigenvalue weighted by atomic mass is 19.4. The zero-order valence-corrected chi connectivity index (χ0v) is 18.5. The fourth-order valence-electron chi connectivity index (χ4n) is 3.26. The van der Waals surface area contributed by atoms with Crippen molar-refractivity contribution < 1.29 is 36.7 Å². The van der Waals surface area contributed by atoms with Crippen molar-refractivity contribution >= 4 is 28.6 Å². The lowest BCUT2D eigenvalue weighted by Crippen LogP contribution is -2.21. The van der Waals surface area contributed by atoms with Crippen molar-refractivity contribution in [1.29, 1.82) is 0 Å². The molecule has 4 rings (SSSR count). The first-order valence-electron chi connectivity index (χ1n) is 10.4. The number of aromatic nitrogens is 3. The summed E-state index contributed by atoms with van der Waals surface area (Å²) in [4.78, 5) is 29.7. The van der Waals surface area contributed by atoms with Gasteiger partial charge in [0.15, 0.2) is 18.0 Å². The molecule has 1 aromatic carbocycles. The van der Waals surface area contributed by atoms with Crippen LogP contribution in [-0.2, 0) is 9.53 Å². The van der Waals surface area contributed by atoms with Crippen LogP contribution in [0.15, 0.2) is 59.3 Å². The molecule has 0 atom stereocenters. The van der Waals surface area contributed by atoms with E-state index in [4.69, 9.17) is 9.15 Å². The van der Waals surface area contributed by atoms with Gasteiger partial charge in [-0.05, 0) is 56.3 Å². The van der Waals surface area contributed by atoms with E-state index in [-0.39, 0.29) is 17.3 Å². The molecule has 0 aliphatic rings. The summed E-state index contributed by atoms with van der Waals surface area (Å²) in [6.07, 6.45) is -1.85. The molecule has 0 saturated carbocycles. The lowest BCUT2D eigenvalue weighted by Gasteiger charge is -2.11. The highest BCUT2D eigenvalue weighted by molar-refractivity contribution is 6.04. The molecule has 0 unspecified atom stereocenters. The van der Waals surface area contributed by atoms with Crippen LogP contribution in [0.25, 0.3) is 22.5 Å². The van der Waals surface area contributed by atoms with Gasteiger partial charge in [0.1, 0.15) is 11.4 Å². The van der Waals surface area contributed by atoms with Crippen LogP contribution in [0.1, 0.15) is 30.2 Å². The van der Waals surface area contributed by atoms with E-state index in [1.807, 2.05) is 13.8 Å². The standard InChI is InChI=1S/C23H19F3N4O5/c1-13(2)30-21-17(11-27-30)16(10-18(29-21)19-4-3-9-33-19)22(32)34-12-20(31)28-14-5-7-15(8-6-14)35-23(24,25)26/h3-11,13H,12H2,1-2H3,(H,28,31). The number of esters is 1. The van der Waals surface area contributed by atoms with Crippen molar-refractivity contribution in [2.75, 3.05) is 11.9 Å². The van der Waals surface area contributed by atoms with Crippen LogP contribution < -0.4 is 10.1 Å². The molecule has 0 saturated heterocycles. The van der Waals surface area contributed by atoms with Gasteiger partial charge in [0.25, 0.3) is 5.91 Å². The first-order chi connectivity index (χ1) is 16.6. The summed E-state index contributed by atoms with van der Waals surface area (Å²) in [6.45, 7) is 3.20. The maximum atomic E-state index is 12.9. The van der Waals surface area contributed by atoms with Gasteiger partial charge >= 0.3 is 12.3 Å². The maximum absolute atomic E-state index is 12.9. The van der Waals surface area contributed by atoms with Crippen molar-refractivity contribution in [3.8, 4) is 17.2 Å². The molecule has 9 nitrogen and oxygen atoms in total. The largest absolute Gasteiger partial charge is 0.573 e. The molecule has 0 aliphatic heterocycles. The third-order valence-corrected chi connectivity index (χ3v) is 4.76. The number of ether oxygens (including phenoxy) is 2. The summed E-state index contributed by atoms with van der Waals surface area (Å²) in [6, 6.07) is 9.38. The van der Waals surface area contributed by atoms with Gasteiger partial charge < -0.3 is 19.2 Å². The number of hydrogen-bond acceptors (Lipinski definition) is 7. The monoisotopic (exact) mass is 488 g/mol. The van der Waals surface area contributed by atoms with E-state index in [2.05, 4.69) is 20.1 Å². The van der Waals surface area contributed by atoms with Gasteiger partial charge in [0.05, 0.1) is 23.4 Å². The summed E-state index contributed by atoms with van der Waals surface area (Å²) in [7, 11) is 0. The SMILES string of the molecule is CC(C)n1ncc2c(C(=O)OCC(=O)Nc3ccc(OC(F)(F)F)cc3)cc(-c3ccco3)nc21. The van der Waals surface area contributed by atoms with E-state index in [1.165, 1.54) is 30.7 Å². The van der Waals surface area contributed by atoms with E-state index in [9.17, 15) is 22.8 Å². The molecular weight excluding hydrogens is 469 g/mol. The number of pyridine rings is 1. The molecule has 4 aromatic rings. The fourth-order valence-corrected chi connectivity index (χ4v) is 3.26. The van der Waals surface area contributed by atoms with Crippen molar-refractivity contribution in [3.63, 3.8) is 0 Å². The Bertz CT molecular complexity index is 1350. The minimum atomic E-state index is -4.82. The van der Waals surface area contributed by atoms with Crippen LogP contribution in [0, 0.1) is 0 Å². The van der Waals surface area contributed by atoms with Crippen molar-refractivity contribution in [2.45, 2.75) is 26.3 Å². The molecule has 0 aliphatic carbocycles. The third-order valence-electron chi connectivity index (χ3n) is 4.76. The first-order valence-corrected chi connectivity index (χ1v) is 10.4. The quantitative estimate of drug-likeness (QED) is 0.366. The molecule has 0 fully saturated rings. The number of alkyl halides is 3. The molecule has 3 aromatic heterocycles. The third kappa shape index (κ3) is 5.60. The molecule has 35 heavy (non-hydrogen) atoms. The number of halogens is 3. The first kappa shape index (κ1) is 23.8. The van der Waals surface area contributed by atoms with E-state index in [1.54, 1.807) is 16.8 Å². The highest BCUT2D eigenvalue weighted by Gasteiger charge is 2.31. The second-order valence-electron chi connectivity index (χ2n) is 7.65. The molecule has 182 valence electrons. The van der Waals surface area contributed by atoms with E-state index >= 15 is 0 Å². The number of carbonyl (C=O) groups excluding carboxylic acids is 2. The molecular formula is C23H19F3N4O5. The van der Waals surface area contributed by atoms with Gasteiger partial charge in [-0.1, -0.05) is 0 Å². The maximum Gasteiger partial charge on any atom is 0.573 e. The predicted molar refractivity (Wildman–Crippen MR) is 118 cm³/mol. The Kier molecular flexibility index (Phi) is 6.45. The van der Waals surface area contributed by atoms with Crippen LogP contribution in [0.2, 0.25) is 0 Å². The average molecular weight is 488 g/mol. The lowest BCUT2D eigenvalue weighted by atomic mass is 10.1. The molecule has 0 radical (unpaired) electrons. The van der Waals surface area contributed by atoms with Gasteiger partial charge in [-0.25, -0.2) is 14.5 Å². The molecule has 1 amide bonds. The predicted octanol–water partition coefficient (Wildman–Crippen LogP) is 4.97. The number of benzene rings is 1. The average Bonchev–Trinajstić information content (AvgIpc) is 3.47. The van der Waals surface area contributed by atoms with Crippen LogP contribution in [-0.4, -0.2) is 39.6 Å². The molecule has 0 spiro atoms. The van der Waals surface area contributed by atoms with Crippen LogP contribution in [0.5, 0.6) is 5.75 Å². The van der Waals surface area contributed by atoms with Gasteiger partial charge in [0, 0.05) is 11.7 Å². The number of hydrogen-bond donors (Lipinski definition) is 1. The molecule has 3 heterocycles. The van der Waals surface area contributed by atoms with Gasteiger partial charge in [0.2, 0.25) is 0 Å². The summed E-state index contributed by atoms with van der Waals surface area (Å²) in [5.74, 6) is -1.46.